The first-order valence-corrected chi connectivity index (χ1v) is 7.39. The van der Waals surface area contributed by atoms with E-state index < -0.39 is 0 Å². The molecular weight excluding hydrogens is 264 g/mol. The molecule has 1 aliphatic rings. The van der Waals surface area contributed by atoms with Crippen LogP contribution in [0.5, 0.6) is 0 Å². The average molecular weight is 286 g/mol. The van der Waals surface area contributed by atoms with Gasteiger partial charge in [-0.15, -0.1) is 0 Å². The largest absolute Gasteiger partial charge is 0.350 e. The third kappa shape index (κ3) is 2.84. The molecule has 0 N–H and O–H groups in total. The molecule has 0 aliphatic carbocycles. The van der Waals surface area contributed by atoms with Crippen molar-refractivity contribution in [1.82, 2.24) is 4.90 Å². The summed E-state index contributed by atoms with van der Waals surface area (Å²) in [5, 5.41) is 11.0. The van der Waals surface area contributed by atoms with Crippen molar-refractivity contribution < 1.29 is 4.92 Å². The van der Waals surface area contributed by atoms with Crippen molar-refractivity contribution in [3.8, 4) is 0 Å². The Labute approximate surface area is 125 Å². The van der Waals surface area contributed by atoms with E-state index in [1.807, 2.05) is 6.07 Å². The van der Waals surface area contributed by atoms with Crippen LogP contribution in [0.25, 0.3) is 0 Å². The number of nitro benzene ring substituents is 1. The van der Waals surface area contributed by atoms with Crippen LogP contribution in [-0.2, 0) is 0 Å². The number of nitrogens with zero attached hydrogens (tertiary/aromatic N) is 2. The van der Waals surface area contributed by atoms with E-state index in [9.17, 15) is 10.1 Å². The minimum atomic E-state index is -0.330. The van der Waals surface area contributed by atoms with Gasteiger partial charge in [-0.1, -0.05) is 25.1 Å². The fraction of sp³-hybridized carbons (Fsp3) is 0.412. The molecule has 1 aromatic rings. The van der Waals surface area contributed by atoms with Gasteiger partial charge >= 0.3 is 0 Å². The Kier molecular flexibility index (Phi) is 4.46. The number of allylic oxidation sites excluding steroid dienone is 4. The summed E-state index contributed by atoms with van der Waals surface area (Å²) < 4.78 is 0. The molecule has 0 aromatic heterocycles. The Bertz CT molecular complexity index is 617. The van der Waals surface area contributed by atoms with E-state index in [4.69, 9.17) is 0 Å². The standard InChI is InChI=1S/C17H22N2O2/c1-5-16-13(4)18(6-2)12(3)10-17(16)14-8-7-9-15(11-14)19(20)21/h7-11,17H,5-6H2,1-4H3. The summed E-state index contributed by atoms with van der Waals surface area (Å²) in [5.74, 6) is 0.137. The third-order valence-electron chi connectivity index (χ3n) is 4.22. The van der Waals surface area contributed by atoms with Gasteiger partial charge in [0.1, 0.15) is 0 Å². The quantitative estimate of drug-likeness (QED) is 0.600. The summed E-state index contributed by atoms with van der Waals surface area (Å²) in [6, 6.07) is 6.99. The number of hydrogen-bond acceptors (Lipinski definition) is 3. The van der Waals surface area contributed by atoms with Crippen LogP contribution >= 0.6 is 0 Å². The van der Waals surface area contributed by atoms with E-state index in [1.165, 1.54) is 17.0 Å². The SMILES string of the molecule is CCC1=C(C)N(CC)C(C)=CC1c1cccc([N+](=O)[O-])c1. The van der Waals surface area contributed by atoms with Gasteiger partial charge in [0.25, 0.3) is 5.69 Å². The molecule has 1 heterocycles. The topological polar surface area (TPSA) is 46.4 Å². The van der Waals surface area contributed by atoms with Crippen LogP contribution in [0.4, 0.5) is 5.69 Å². The molecule has 21 heavy (non-hydrogen) atoms. The van der Waals surface area contributed by atoms with Crippen molar-refractivity contribution in [2.45, 2.75) is 40.0 Å². The zero-order valence-corrected chi connectivity index (χ0v) is 13.1. The van der Waals surface area contributed by atoms with Crippen molar-refractivity contribution in [3.05, 3.63) is 63.0 Å². The molecule has 0 fully saturated rings. The first-order valence-electron chi connectivity index (χ1n) is 7.39. The van der Waals surface area contributed by atoms with Crippen LogP contribution in [0, 0.1) is 10.1 Å². The zero-order chi connectivity index (χ0) is 15.6. The van der Waals surface area contributed by atoms with E-state index in [0.29, 0.717) is 0 Å². The molecule has 1 aromatic carbocycles. The highest BCUT2D eigenvalue weighted by molar-refractivity contribution is 5.45. The Morgan fingerprint density at radius 2 is 2.00 bits per heavy atom. The predicted molar refractivity (Wildman–Crippen MR) is 85.0 cm³/mol. The lowest BCUT2D eigenvalue weighted by molar-refractivity contribution is -0.384. The fourth-order valence-electron chi connectivity index (χ4n) is 3.19. The Balaban J connectivity index is 2.50. The highest BCUT2D eigenvalue weighted by atomic mass is 16.6. The molecular formula is C17H22N2O2. The number of nitro groups is 1. The van der Waals surface area contributed by atoms with E-state index in [-0.39, 0.29) is 16.5 Å². The number of rotatable bonds is 4. The number of hydrogen-bond donors (Lipinski definition) is 0. The highest BCUT2D eigenvalue weighted by Gasteiger charge is 2.25. The normalized spacial score (nSPS) is 18.8. The van der Waals surface area contributed by atoms with Gasteiger partial charge in [0, 0.05) is 36.0 Å². The third-order valence-corrected chi connectivity index (χ3v) is 4.22. The van der Waals surface area contributed by atoms with E-state index in [2.05, 4.69) is 38.7 Å². The zero-order valence-electron chi connectivity index (χ0n) is 13.1. The second-order valence-electron chi connectivity index (χ2n) is 5.35. The van der Waals surface area contributed by atoms with Gasteiger partial charge in [0.2, 0.25) is 0 Å². The summed E-state index contributed by atoms with van der Waals surface area (Å²) in [6.45, 7) is 9.47. The molecule has 0 spiro atoms. The average Bonchev–Trinajstić information content (AvgIpc) is 2.47. The highest BCUT2D eigenvalue weighted by Crippen LogP contribution is 2.38. The Hall–Kier alpha value is -2.10. The molecule has 0 amide bonds. The van der Waals surface area contributed by atoms with Gasteiger partial charge in [-0.3, -0.25) is 10.1 Å². The molecule has 112 valence electrons. The van der Waals surface area contributed by atoms with Gasteiger partial charge in [0.05, 0.1) is 4.92 Å². The first kappa shape index (κ1) is 15.3. The van der Waals surface area contributed by atoms with Gasteiger partial charge in [0.15, 0.2) is 0 Å². The lowest BCUT2D eigenvalue weighted by atomic mass is 9.84. The molecule has 1 aliphatic heterocycles. The van der Waals surface area contributed by atoms with Crippen molar-refractivity contribution in [3.63, 3.8) is 0 Å². The lowest BCUT2D eigenvalue weighted by Gasteiger charge is -2.35. The van der Waals surface area contributed by atoms with Gasteiger partial charge in [-0.25, -0.2) is 0 Å². The van der Waals surface area contributed by atoms with Gasteiger partial charge < -0.3 is 4.90 Å². The maximum Gasteiger partial charge on any atom is 0.269 e. The van der Waals surface area contributed by atoms with Crippen LogP contribution in [0.2, 0.25) is 0 Å². The maximum atomic E-state index is 11.0. The lowest BCUT2D eigenvalue weighted by Crippen LogP contribution is -2.26. The van der Waals surface area contributed by atoms with Crippen molar-refractivity contribution >= 4 is 5.69 Å². The molecule has 1 atom stereocenters. The smallest absolute Gasteiger partial charge is 0.269 e. The van der Waals surface area contributed by atoms with Crippen molar-refractivity contribution in [2.75, 3.05) is 6.54 Å². The van der Waals surface area contributed by atoms with Gasteiger partial charge in [-0.05, 0) is 38.3 Å². The van der Waals surface area contributed by atoms with Crippen molar-refractivity contribution in [1.29, 1.82) is 0 Å². The van der Waals surface area contributed by atoms with Crippen molar-refractivity contribution in [2.24, 2.45) is 0 Å². The van der Waals surface area contributed by atoms with Crippen LogP contribution in [0.1, 0.15) is 45.6 Å². The predicted octanol–water partition coefficient (Wildman–Crippen LogP) is 4.60. The van der Waals surface area contributed by atoms with E-state index in [1.54, 1.807) is 18.2 Å². The molecule has 2 rings (SSSR count). The van der Waals surface area contributed by atoms with Crippen LogP contribution in [-0.4, -0.2) is 16.4 Å². The number of non-ortho nitro benzene ring substituents is 1. The summed E-state index contributed by atoms with van der Waals surface area (Å²) >= 11 is 0. The second kappa shape index (κ2) is 6.12. The molecule has 0 bridgehead atoms. The Morgan fingerprint density at radius 1 is 1.29 bits per heavy atom. The Morgan fingerprint density at radius 3 is 2.57 bits per heavy atom. The molecule has 1 unspecified atom stereocenters. The monoisotopic (exact) mass is 286 g/mol. The fourth-order valence-corrected chi connectivity index (χ4v) is 3.19. The first-order chi connectivity index (χ1) is 9.99. The van der Waals surface area contributed by atoms with Crippen LogP contribution < -0.4 is 0 Å². The molecule has 4 nitrogen and oxygen atoms in total. The minimum Gasteiger partial charge on any atom is -0.350 e. The molecule has 0 saturated carbocycles. The van der Waals surface area contributed by atoms with Crippen LogP contribution in [0.15, 0.2) is 47.3 Å². The summed E-state index contributed by atoms with van der Waals surface area (Å²) in [5.41, 5.74) is 4.98. The van der Waals surface area contributed by atoms with Gasteiger partial charge in [-0.2, -0.15) is 0 Å². The molecule has 4 heteroatoms. The molecule has 0 radical (unpaired) electrons. The summed E-state index contributed by atoms with van der Waals surface area (Å²) in [7, 11) is 0. The summed E-state index contributed by atoms with van der Waals surface area (Å²) in [4.78, 5) is 13.0. The van der Waals surface area contributed by atoms with E-state index >= 15 is 0 Å². The minimum absolute atomic E-state index is 0.137. The maximum absolute atomic E-state index is 11.0. The number of benzene rings is 1. The second-order valence-corrected chi connectivity index (χ2v) is 5.35. The van der Waals surface area contributed by atoms with Crippen LogP contribution in [0.3, 0.4) is 0 Å². The van der Waals surface area contributed by atoms with E-state index in [0.717, 1.165) is 18.5 Å². The summed E-state index contributed by atoms with van der Waals surface area (Å²) in [6.07, 6.45) is 3.16. The molecule has 0 saturated heterocycles.